The molecule has 2 aromatic rings. The predicted octanol–water partition coefficient (Wildman–Crippen LogP) is 4.42. The summed E-state index contributed by atoms with van der Waals surface area (Å²) in [6, 6.07) is 6.48. The number of para-hydroxylation sites is 1. The van der Waals surface area contributed by atoms with Gasteiger partial charge in [-0.05, 0) is 38.3 Å². The summed E-state index contributed by atoms with van der Waals surface area (Å²) in [6.45, 7) is 4.52. The van der Waals surface area contributed by atoms with Gasteiger partial charge in [-0.2, -0.15) is 0 Å². The third-order valence-corrected chi connectivity index (χ3v) is 4.68. The third-order valence-electron chi connectivity index (χ3n) is 4.49. The molecular formula is C16H21ClN2. The minimum Gasteiger partial charge on any atom is -0.322 e. The van der Waals surface area contributed by atoms with Crippen LogP contribution in [0.3, 0.4) is 0 Å². The van der Waals surface area contributed by atoms with Crippen molar-refractivity contribution in [3.63, 3.8) is 0 Å². The van der Waals surface area contributed by atoms with Gasteiger partial charge in [-0.15, -0.1) is 11.6 Å². The molecule has 0 amide bonds. The van der Waals surface area contributed by atoms with Crippen molar-refractivity contribution in [1.82, 2.24) is 9.55 Å². The Morgan fingerprint density at radius 1 is 1.32 bits per heavy atom. The lowest BCUT2D eigenvalue weighted by Gasteiger charge is -2.29. The number of aryl methyl sites for hydroxylation is 2. The van der Waals surface area contributed by atoms with Gasteiger partial charge in [-0.3, -0.25) is 0 Å². The summed E-state index contributed by atoms with van der Waals surface area (Å²) in [5.74, 6) is 1.79. The van der Waals surface area contributed by atoms with Crippen molar-refractivity contribution in [2.75, 3.05) is 5.88 Å². The van der Waals surface area contributed by atoms with Crippen molar-refractivity contribution in [3.8, 4) is 0 Å². The number of fused-ring (bicyclic) bond motifs is 1. The van der Waals surface area contributed by atoms with E-state index in [1.165, 1.54) is 36.8 Å². The molecule has 3 rings (SSSR count). The number of aromatic nitrogens is 2. The van der Waals surface area contributed by atoms with Gasteiger partial charge in [-0.25, -0.2) is 4.98 Å². The Balaban J connectivity index is 2.25. The van der Waals surface area contributed by atoms with E-state index in [1.807, 2.05) is 0 Å². The highest BCUT2D eigenvalue weighted by Gasteiger charge is 2.33. The van der Waals surface area contributed by atoms with Gasteiger partial charge in [0.2, 0.25) is 0 Å². The van der Waals surface area contributed by atoms with Gasteiger partial charge < -0.3 is 4.57 Å². The van der Waals surface area contributed by atoms with Crippen LogP contribution in [0.1, 0.15) is 44.0 Å². The molecule has 19 heavy (non-hydrogen) atoms. The van der Waals surface area contributed by atoms with E-state index in [1.54, 1.807) is 0 Å². The van der Waals surface area contributed by atoms with Crippen molar-refractivity contribution in [3.05, 3.63) is 29.6 Å². The fraction of sp³-hybridized carbons (Fsp3) is 0.562. The molecule has 1 aliphatic carbocycles. The molecule has 1 aromatic carbocycles. The van der Waals surface area contributed by atoms with Crippen LogP contribution < -0.4 is 0 Å². The normalized spacial score (nSPS) is 18.3. The lowest BCUT2D eigenvalue weighted by atomic mass is 9.99. The van der Waals surface area contributed by atoms with Crippen LogP contribution in [0.25, 0.3) is 11.0 Å². The Morgan fingerprint density at radius 2 is 2.05 bits per heavy atom. The Kier molecular flexibility index (Phi) is 3.30. The van der Waals surface area contributed by atoms with E-state index < -0.39 is 0 Å². The molecule has 1 aliphatic rings. The second-order valence-corrected chi connectivity index (χ2v) is 6.33. The number of alkyl halides is 1. The molecule has 0 bridgehead atoms. The molecule has 2 nitrogen and oxygen atoms in total. The molecule has 1 aromatic heterocycles. The number of rotatable bonds is 3. The highest BCUT2D eigenvalue weighted by Crippen LogP contribution is 2.39. The van der Waals surface area contributed by atoms with Crippen molar-refractivity contribution in [2.24, 2.45) is 0 Å². The second kappa shape index (κ2) is 4.82. The van der Waals surface area contributed by atoms with E-state index in [-0.39, 0.29) is 5.54 Å². The molecule has 1 fully saturated rings. The highest BCUT2D eigenvalue weighted by atomic mass is 35.5. The summed E-state index contributed by atoms with van der Waals surface area (Å²) < 4.78 is 2.48. The highest BCUT2D eigenvalue weighted by molar-refractivity contribution is 6.17. The minimum atomic E-state index is 0.226. The molecule has 0 N–H and O–H groups in total. The van der Waals surface area contributed by atoms with E-state index in [9.17, 15) is 0 Å². The number of benzene rings is 1. The van der Waals surface area contributed by atoms with Crippen LogP contribution in [0.2, 0.25) is 0 Å². The first kappa shape index (κ1) is 13.0. The van der Waals surface area contributed by atoms with Crippen LogP contribution in [0.15, 0.2) is 18.2 Å². The van der Waals surface area contributed by atoms with Gasteiger partial charge in [0.25, 0.3) is 0 Å². The fourth-order valence-corrected chi connectivity index (χ4v) is 3.67. The van der Waals surface area contributed by atoms with Gasteiger partial charge in [-0.1, -0.05) is 25.0 Å². The Hall–Kier alpha value is -1.02. The maximum Gasteiger partial charge on any atom is 0.111 e. The maximum absolute atomic E-state index is 5.97. The summed E-state index contributed by atoms with van der Waals surface area (Å²) in [4.78, 5) is 4.87. The summed E-state index contributed by atoms with van der Waals surface area (Å²) in [5.41, 5.74) is 3.91. The molecule has 1 heterocycles. The van der Waals surface area contributed by atoms with Crippen LogP contribution in [-0.2, 0) is 12.0 Å². The number of imidazole rings is 1. The monoisotopic (exact) mass is 276 g/mol. The number of hydrogen-bond donors (Lipinski definition) is 0. The first-order valence-corrected chi connectivity index (χ1v) is 7.72. The zero-order valence-electron chi connectivity index (χ0n) is 11.7. The first-order valence-electron chi connectivity index (χ1n) is 7.19. The Morgan fingerprint density at radius 3 is 2.74 bits per heavy atom. The van der Waals surface area contributed by atoms with Crippen LogP contribution in [0.5, 0.6) is 0 Å². The van der Waals surface area contributed by atoms with E-state index in [2.05, 4.69) is 36.6 Å². The average Bonchev–Trinajstić information content (AvgIpc) is 2.95. The topological polar surface area (TPSA) is 17.8 Å². The van der Waals surface area contributed by atoms with Gasteiger partial charge >= 0.3 is 0 Å². The third kappa shape index (κ3) is 2.06. The van der Waals surface area contributed by atoms with E-state index >= 15 is 0 Å². The maximum atomic E-state index is 5.97. The Bertz CT molecular complexity index is 594. The SMILES string of the molecule is Cc1cccc2c1nc(CCCl)n2C1(C)CCCC1. The van der Waals surface area contributed by atoms with E-state index in [0.29, 0.717) is 5.88 Å². The molecule has 0 radical (unpaired) electrons. The van der Waals surface area contributed by atoms with E-state index in [0.717, 1.165) is 17.8 Å². The number of halogens is 1. The van der Waals surface area contributed by atoms with Gasteiger partial charge in [0.1, 0.15) is 5.82 Å². The van der Waals surface area contributed by atoms with E-state index in [4.69, 9.17) is 16.6 Å². The molecule has 0 atom stereocenters. The zero-order valence-corrected chi connectivity index (χ0v) is 12.5. The van der Waals surface area contributed by atoms with Gasteiger partial charge in [0.05, 0.1) is 11.0 Å². The van der Waals surface area contributed by atoms with Crippen molar-refractivity contribution in [2.45, 2.75) is 51.5 Å². The standard InChI is InChI=1S/C16H21ClN2/c1-12-6-5-7-13-15(12)18-14(8-11-17)19(13)16(2)9-3-4-10-16/h5-7H,3-4,8-11H2,1-2H3. The lowest BCUT2D eigenvalue weighted by Crippen LogP contribution is -2.28. The van der Waals surface area contributed by atoms with Crippen LogP contribution in [0, 0.1) is 6.92 Å². The van der Waals surface area contributed by atoms with Gasteiger partial charge in [0, 0.05) is 17.8 Å². The zero-order chi connectivity index (χ0) is 13.5. The molecule has 0 aliphatic heterocycles. The summed E-state index contributed by atoms with van der Waals surface area (Å²) in [6.07, 6.45) is 6.00. The van der Waals surface area contributed by atoms with Crippen molar-refractivity contribution in [1.29, 1.82) is 0 Å². The largest absolute Gasteiger partial charge is 0.322 e. The van der Waals surface area contributed by atoms with Crippen molar-refractivity contribution < 1.29 is 0 Å². The quantitative estimate of drug-likeness (QED) is 0.759. The first-order chi connectivity index (χ1) is 9.15. The molecular weight excluding hydrogens is 256 g/mol. The minimum absolute atomic E-state index is 0.226. The van der Waals surface area contributed by atoms with Crippen molar-refractivity contribution >= 4 is 22.6 Å². The molecule has 0 saturated heterocycles. The summed E-state index contributed by atoms with van der Waals surface area (Å²) in [5, 5.41) is 0. The molecule has 1 saturated carbocycles. The average molecular weight is 277 g/mol. The van der Waals surface area contributed by atoms with Crippen LogP contribution >= 0.6 is 11.6 Å². The van der Waals surface area contributed by atoms with Crippen LogP contribution in [0.4, 0.5) is 0 Å². The molecule has 0 spiro atoms. The number of hydrogen-bond acceptors (Lipinski definition) is 1. The number of nitrogens with zero attached hydrogens (tertiary/aromatic N) is 2. The Labute approximate surface area is 119 Å². The molecule has 3 heteroatoms. The van der Waals surface area contributed by atoms with Crippen LogP contribution in [-0.4, -0.2) is 15.4 Å². The summed E-state index contributed by atoms with van der Waals surface area (Å²) >= 11 is 5.97. The molecule has 102 valence electrons. The smallest absolute Gasteiger partial charge is 0.111 e. The summed E-state index contributed by atoms with van der Waals surface area (Å²) in [7, 11) is 0. The second-order valence-electron chi connectivity index (χ2n) is 5.95. The van der Waals surface area contributed by atoms with Gasteiger partial charge in [0.15, 0.2) is 0 Å². The fourth-order valence-electron chi connectivity index (χ4n) is 3.50. The lowest BCUT2D eigenvalue weighted by molar-refractivity contribution is 0.329. The predicted molar refractivity (Wildman–Crippen MR) is 81.0 cm³/mol. The molecule has 0 unspecified atom stereocenters.